The van der Waals surface area contributed by atoms with Gasteiger partial charge in [-0.1, -0.05) is 12.1 Å². The lowest BCUT2D eigenvalue weighted by molar-refractivity contribution is 0.192. The summed E-state index contributed by atoms with van der Waals surface area (Å²) in [5.41, 5.74) is 1.84. The highest BCUT2D eigenvalue weighted by atomic mass is 16.5. The van der Waals surface area contributed by atoms with Crippen molar-refractivity contribution in [2.75, 3.05) is 13.2 Å². The number of aryl methyl sites for hydroxylation is 2. The molecule has 1 aliphatic rings. The molecule has 6 nitrogen and oxygen atoms in total. The summed E-state index contributed by atoms with van der Waals surface area (Å²) < 4.78 is 12.6. The van der Waals surface area contributed by atoms with E-state index in [1.54, 1.807) is 0 Å². The van der Waals surface area contributed by atoms with Crippen LogP contribution in [0.2, 0.25) is 0 Å². The number of hydrogen-bond donors (Lipinski definition) is 0. The maximum atomic E-state index is 5.37. The fourth-order valence-corrected chi connectivity index (χ4v) is 2.32. The zero-order valence-electron chi connectivity index (χ0n) is 11.3. The molecule has 1 atom stereocenters. The lowest BCUT2D eigenvalue weighted by atomic mass is 10.1. The summed E-state index contributed by atoms with van der Waals surface area (Å²) in [6.45, 7) is 6.46. The van der Waals surface area contributed by atoms with Gasteiger partial charge in [-0.3, -0.25) is 4.68 Å². The first-order valence-corrected chi connectivity index (χ1v) is 6.73. The molecule has 0 radical (unpaired) electrons. The van der Waals surface area contributed by atoms with Crippen LogP contribution in [0.15, 0.2) is 10.7 Å². The van der Waals surface area contributed by atoms with Gasteiger partial charge in [0.2, 0.25) is 0 Å². The molecule has 0 unspecified atom stereocenters. The molecule has 0 bridgehead atoms. The third-order valence-electron chi connectivity index (χ3n) is 3.37. The van der Waals surface area contributed by atoms with Crippen molar-refractivity contribution in [1.82, 2.24) is 19.9 Å². The Bertz CT molecular complexity index is 555. The molecule has 0 N–H and O–H groups in total. The second kappa shape index (κ2) is 5.13. The maximum Gasteiger partial charge on any atom is 0.261 e. The molecule has 102 valence electrons. The van der Waals surface area contributed by atoms with Crippen molar-refractivity contribution < 1.29 is 9.26 Å². The molecule has 0 saturated carbocycles. The Morgan fingerprint density at radius 3 is 3.11 bits per heavy atom. The standard InChI is InChI=1S/C13H18N4O2/c1-3-5-17-7-11(9(2)15-17)13-14-12(16-19-13)10-4-6-18-8-10/h7,10H,3-6,8H2,1-2H3/t10-/m1/s1. The predicted octanol–water partition coefficient (Wildman–Crippen LogP) is 2.16. The number of ether oxygens (including phenoxy) is 1. The third-order valence-corrected chi connectivity index (χ3v) is 3.37. The molecule has 1 aliphatic heterocycles. The molecule has 3 rings (SSSR count). The van der Waals surface area contributed by atoms with Gasteiger partial charge in [0.1, 0.15) is 0 Å². The van der Waals surface area contributed by atoms with Crippen molar-refractivity contribution in [3.05, 3.63) is 17.7 Å². The first-order valence-electron chi connectivity index (χ1n) is 6.73. The zero-order chi connectivity index (χ0) is 13.2. The van der Waals surface area contributed by atoms with Crippen LogP contribution in [0.25, 0.3) is 11.5 Å². The largest absolute Gasteiger partial charge is 0.381 e. The molecule has 0 aromatic carbocycles. The normalized spacial score (nSPS) is 19.2. The Morgan fingerprint density at radius 1 is 1.47 bits per heavy atom. The molecule has 2 aromatic heterocycles. The van der Waals surface area contributed by atoms with Gasteiger partial charge in [0.25, 0.3) is 5.89 Å². The van der Waals surface area contributed by atoms with E-state index in [9.17, 15) is 0 Å². The molecule has 0 spiro atoms. The fraction of sp³-hybridized carbons (Fsp3) is 0.615. The second-order valence-electron chi connectivity index (χ2n) is 4.91. The molecular formula is C13H18N4O2. The molecule has 2 aromatic rings. The van der Waals surface area contributed by atoms with Crippen LogP contribution >= 0.6 is 0 Å². The molecule has 3 heterocycles. The number of nitrogens with zero attached hydrogens (tertiary/aromatic N) is 4. The number of rotatable bonds is 4. The monoisotopic (exact) mass is 262 g/mol. The van der Waals surface area contributed by atoms with E-state index in [1.165, 1.54) is 0 Å². The SMILES string of the molecule is CCCn1cc(-c2nc([C@@H]3CCOC3)no2)c(C)n1. The minimum absolute atomic E-state index is 0.267. The van der Waals surface area contributed by atoms with Gasteiger partial charge in [-0.2, -0.15) is 10.1 Å². The highest BCUT2D eigenvalue weighted by molar-refractivity contribution is 5.54. The summed E-state index contributed by atoms with van der Waals surface area (Å²) in [4.78, 5) is 4.49. The topological polar surface area (TPSA) is 66.0 Å². The quantitative estimate of drug-likeness (QED) is 0.844. The second-order valence-corrected chi connectivity index (χ2v) is 4.91. The summed E-state index contributed by atoms with van der Waals surface area (Å²) in [6.07, 6.45) is 3.99. The van der Waals surface area contributed by atoms with Crippen molar-refractivity contribution in [1.29, 1.82) is 0 Å². The van der Waals surface area contributed by atoms with Gasteiger partial charge in [0, 0.05) is 25.3 Å². The summed E-state index contributed by atoms with van der Waals surface area (Å²) >= 11 is 0. The first kappa shape index (κ1) is 12.3. The lowest BCUT2D eigenvalue weighted by Crippen LogP contribution is -1.99. The zero-order valence-corrected chi connectivity index (χ0v) is 11.3. The molecule has 1 fully saturated rings. The summed E-state index contributed by atoms with van der Waals surface area (Å²) in [5, 5.41) is 8.52. The van der Waals surface area contributed by atoms with Crippen LogP contribution in [0.4, 0.5) is 0 Å². The Morgan fingerprint density at radius 2 is 2.37 bits per heavy atom. The van der Waals surface area contributed by atoms with Crippen molar-refractivity contribution in [2.45, 2.75) is 39.2 Å². The van der Waals surface area contributed by atoms with Crippen molar-refractivity contribution in [3.63, 3.8) is 0 Å². The van der Waals surface area contributed by atoms with Crippen LogP contribution in [0.1, 0.15) is 37.2 Å². The highest BCUT2D eigenvalue weighted by Crippen LogP contribution is 2.26. The Labute approximate surface area is 111 Å². The van der Waals surface area contributed by atoms with E-state index in [1.807, 2.05) is 17.8 Å². The molecule has 6 heteroatoms. The van der Waals surface area contributed by atoms with Gasteiger partial charge in [-0.05, 0) is 19.8 Å². The summed E-state index contributed by atoms with van der Waals surface area (Å²) in [5.74, 6) is 1.57. The minimum Gasteiger partial charge on any atom is -0.381 e. The highest BCUT2D eigenvalue weighted by Gasteiger charge is 2.24. The van der Waals surface area contributed by atoms with Crippen molar-refractivity contribution in [3.8, 4) is 11.5 Å². The van der Waals surface area contributed by atoms with E-state index in [-0.39, 0.29) is 5.92 Å². The summed E-state index contributed by atoms with van der Waals surface area (Å²) in [7, 11) is 0. The Kier molecular flexibility index (Phi) is 3.33. The van der Waals surface area contributed by atoms with E-state index >= 15 is 0 Å². The van der Waals surface area contributed by atoms with Crippen LogP contribution < -0.4 is 0 Å². The molecule has 1 saturated heterocycles. The number of hydrogen-bond acceptors (Lipinski definition) is 5. The average molecular weight is 262 g/mol. The van der Waals surface area contributed by atoms with E-state index in [0.29, 0.717) is 12.5 Å². The van der Waals surface area contributed by atoms with Crippen LogP contribution in [0.3, 0.4) is 0 Å². The molecule has 19 heavy (non-hydrogen) atoms. The van der Waals surface area contributed by atoms with E-state index < -0.39 is 0 Å². The van der Waals surface area contributed by atoms with Gasteiger partial charge >= 0.3 is 0 Å². The Hall–Kier alpha value is -1.69. The smallest absolute Gasteiger partial charge is 0.261 e. The molecule has 0 aliphatic carbocycles. The average Bonchev–Trinajstić information content (AvgIpc) is 3.07. The lowest BCUT2D eigenvalue weighted by Gasteiger charge is -1.97. The van der Waals surface area contributed by atoms with Crippen LogP contribution in [-0.2, 0) is 11.3 Å². The van der Waals surface area contributed by atoms with Crippen molar-refractivity contribution in [2.24, 2.45) is 0 Å². The van der Waals surface area contributed by atoms with E-state index in [0.717, 1.165) is 43.1 Å². The van der Waals surface area contributed by atoms with Gasteiger partial charge in [0.15, 0.2) is 5.82 Å². The van der Waals surface area contributed by atoms with Gasteiger partial charge < -0.3 is 9.26 Å². The number of aromatic nitrogens is 4. The van der Waals surface area contributed by atoms with Crippen molar-refractivity contribution >= 4 is 0 Å². The van der Waals surface area contributed by atoms with E-state index in [4.69, 9.17) is 9.26 Å². The predicted molar refractivity (Wildman–Crippen MR) is 68.7 cm³/mol. The van der Waals surface area contributed by atoms with Gasteiger partial charge in [-0.25, -0.2) is 0 Å². The van der Waals surface area contributed by atoms with Crippen LogP contribution in [0, 0.1) is 6.92 Å². The van der Waals surface area contributed by atoms with Gasteiger partial charge in [0.05, 0.1) is 17.9 Å². The maximum absolute atomic E-state index is 5.37. The molecule has 0 amide bonds. The van der Waals surface area contributed by atoms with Crippen LogP contribution in [-0.4, -0.2) is 33.1 Å². The molecular weight excluding hydrogens is 244 g/mol. The fourth-order valence-electron chi connectivity index (χ4n) is 2.32. The van der Waals surface area contributed by atoms with Crippen LogP contribution in [0.5, 0.6) is 0 Å². The van der Waals surface area contributed by atoms with Gasteiger partial charge in [-0.15, -0.1) is 0 Å². The first-order chi connectivity index (χ1) is 9.28. The van der Waals surface area contributed by atoms with E-state index in [2.05, 4.69) is 22.2 Å². The third kappa shape index (κ3) is 2.40. The Balaban J connectivity index is 1.85. The summed E-state index contributed by atoms with van der Waals surface area (Å²) in [6, 6.07) is 0. The minimum atomic E-state index is 0.267.